The Kier molecular flexibility index (Phi) is 3.16. The topological polar surface area (TPSA) is 25.8 Å². The number of thiophene rings is 2. The van der Waals surface area contributed by atoms with Gasteiger partial charge in [-0.3, -0.25) is 0 Å². The van der Waals surface area contributed by atoms with Crippen molar-refractivity contribution in [3.63, 3.8) is 0 Å². The first kappa shape index (κ1) is 11.8. The maximum absolute atomic E-state index is 6.04. The Morgan fingerprint density at radius 3 is 1.83 bits per heavy atom. The molecular weight excluding hydrogens is 284 g/mol. The van der Waals surface area contributed by atoms with Crippen molar-refractivity contribution in [1.82, 2.24) is 9.97 Å². The maximum atomic E-state index is 6.04. The lowest BCUT2D eigenvalue weighted by molar-refractivity contribution is 1.15. The van der Waals surface area contributed by atoms with Gasteiger partial charge in [-0.25, -0.2) is 9.97 Å². The number of hydrogen-bond acceptors (Lipinski definition) is 4. The fourth-order valence-electron chi connectivity index (χ4n) is 1.80. The van der Waals surface area contributed by atoms with Gasteiger partial charge in [0.2, 0.25) is 5.28 Å². The minimum Gasteiger partial charge on any atom is -0.217 e. The van der Waals surface area contributed by atoms with Gasteiger partial charge < -0.3 is 0 Å². The van der Waals surface area contributed by atoms with Crippen molar-refractivity contribution < 1.29 is 0 Å². The van der Waals surface area contributed by atoms with E-state index in [0.29, 0.717) is 5.28 Å². The summed E-state index contributed by atoms with van der Waals surface area (Å²) < 4.78 is 0. The zero-order valence-corrected chi connectivity index (χ0v) is 11.9. The summed E-state index contributed by atoms with van der Waals surface area (Å²) in [5.74, 6) is 0. The summed E-state index contributed by atoms with van der Waals surface area (Å²) in [5.41, 5.74) is 2.92. The lowest BCUT2D eigenvalue weighted by atomic mass is 10.1. The Morgan fingerprint density at radius 2 is 1.44 bits per heavy atom. The number of rotatable bonds is 2. The summed E-state index contributed by atoms with van der Waals surface area (Å²) in [6.07, 6.45) is 0. The fourth-order valence-corrected chi connectivity index (χ4v) is 3.51. The van der Waals surface area contributed by atoms with E-state index < -0.39 is 0 Å². The van der Waals surface area contributed by atoms with Gasteiger partial charge in [0.25, 0.3) is 0 Å². The van der Waals surface area contributed by atoms with Crippen LogP contribution >= 0.6 is 34.3 Å². The molecule has 18 heavy (non-hydrogen) atoms. The Bertz CT molecular complexity index is 605. The van der Waals surface area contributed by atoms with Crippen LogP contribution in [0.2, 0.25) is 5.28 Å². The van der Waals surface area contributed by atoms with Crippen molar-refractivity contribution in [2.24, 2.45) is 0 Å². The Balaban J connectivity index is 2.23. The molecule has 0 aliphatic heterocycles. The first-order chi connectivity index (χ1) is 8.75. The molecule has 0 aliphatic carbocycles. The summed E-state index contributed by atoms with van der Waals surface area (Å²) in [5, 5.41) is 4.37. The van der Waals surface area contributed by atoms with Crippen LogP contribution in [0.15, 0.2) is 35.0 Å². The lowest BCUT2D eigenvalue weighted by Crippen LogP contribution is -1.95. The van der Waals surface area contributed by atoms with E-state index in [1.165, 1.54) is 0 Å². The number of hydrogen-bond donors (Lipinski definition) is 0. The molecule has 0 aromatic carbocycles. The van der Waals surface area contributed by atoms with E-state index in [4.69, 9.17) is 11.6 Å². The highest BCUT2D eigenvalue weighted by atomic mass is 35.5. The smallest absolute Gasteiger partial charge is 0.217 e. The first-order valence-corrected chi connectivity index (χ1v) is 7.51. The molecule has 3 heterocycles. The normalized spacial score (nSPS) is 10.8. The van der Waals surface area contributed by atoms with E-state index >= 15 is 0 Å². The summed E-state index contributed by atoms with van der Waals surface area (Å²) >= 11 is 9.36. The third kappa shape index (κ3) is 2.07. The second-order valence-corrected chi connectivity index (χ2v) is 6.00. The van der Waals surface area contributed by atoms with Crippen LogP contribution in [0, 0.1) is 6.92 Å². The van der Waals surface area contributed by atoms with E-state index in [-0.39, 0.29) is 0 Å². The van der Waals surface area contributed by atoms with Crippen molar-refractivity contribution in [2.45, 2.75) is 6.92 Å². The Hall–Kier alpha value is -1.23. The molecule has 0 atom stereocenters. The monoisotopic (exact) mass is 292 g/mol. The second kappa shape index (κ2) is 4.80. The van der Waals surface area contributed by atoms with Crippen LogP contribution in [0.1, 0.15) is 5.56 Å². The van der Waals surface area contributed by atoms with Crippen LogP contribution in [0.3, 0.4) is 0 Å². The molecule has 3 aromatic heterocycles. The Labute approximate surface area is 118 Å². The summed E-state index contributed by atoms with van der Waals surface area (Å²) in [7, 11) is 0. The summed E-state index contributed by atoms with van der Waals surface area (Å²) in [6.45, 7) is 2.04. The molecule has 90 valence electrons. The zero-order chi connectivity index (χ0) is 12.5. The molecule has 3 rings (SSSR count). The fraction of sp³-hybridized carbons (Fsp3) is 0.0769. The molecule has 0 unspecified atom stereocenters. The molecule has 2 nitrogen and oxygen atoms in total. The van der Waals surface area contributed by atoms with Crippen molar-refractivity contribution in [2.75, 3.05) is 0 Å². The molecule has 0 N–H and O–H groups in total. The van der Waals surface area contributed by atoms with Gasteiger partial charge in [0.15, 0.2) is 0 Å². The first-order valence-electron chi connectivity index (χ1n) is 5.37. The van der Waals surface area contributed by atoms with Crippen molar-refractivity contribution in [3.8, 4) is 21.1 Å². The second-order valence-electron chi connectivity index (χ2n) is 3.77. The van der Waals surface area contributed by atoms with Gasteiger partial charge in [0.1, 0.15) is 0 Å². The van der Waals surface area contributed by atoms with Gasteiger partial charge >= 0.3 is 0 Å². The molecule has 0 aliphatic rings. The number of nitrogens with zero attached hydrogens (tertiary/aromatic N) is 2. The zero-order valence-electron chi connectivity index (χ0n) is 9.55. The van der Waals surface area contributed by atoms with Gasteiger partial charge in [0, 0.05) is 5.56 Å². The van der Waals surface area contributed by atoms with Crippen molar-refractivity contribution in [1.29, 1.82) is 0 Å². The van der Waals surface area contributed by atoms with E-state index in [1.807, 2.05) is 29.8 Å². The third-order valence-corrected chi connectivity index (χ3v) is 4.55. The molecule has 0 radical (unpaired) electrons. The molecule has 0 saturated carbocycles. The van der Waals surface area contributed by atoms with Crippen LogP contribution in [-0.2, 0) is 0 Å². The lowest BCUT2D eigenvalue weighted by Gasteiger charge is -2.07. The van der Waals surface area contributed by atoms with E-state index in [1.54, 1.807) is 22.7 Å². The summed E-state index contributed by atoms with van der Waals surface area (Å²) in [4.78, 5) is 11.0. The van der Waals surface area contributed by atoms with E-state index in [0.717, 1.165) is 26.7 Å². The molecule has 0 saturated heterocycles. The van der Waals surface area contributed by atoms with Gasteiger partial charge in [-0.15, -0.1) is 22.7 Å². The SMILES string of the molecule is Cc1c(-c2cccs2)nc(Cl)nc1-c1cccs1. The highest BCUT2D eigenvalue weighted by Gasteiger charge is 2.14. The molecule has 0 amide bonds. The minimum absolute atomic E-state index is 0.299. The maximum Gasteiger partial charge on any atom is 0.223 e. The van der Waals surface area contributed by atoms with Crippen LogP contribution in [0.4, 0.5) is 0 Å². The van der Waals surface area contributed by atoms with Crippen molar-refractivity contribution in [3.05, 3.63) is 45.9 Å². The standard InChI is InChI=1S/C13H9ClN2S2/c1-8-11(9-4-2-6-17-9)15-13(14)16-12(8)10-5-3-7-18-10/h2-7H,1H3. The molecular formula is C13H9ClN2S2. The van der Waals surface area contributed by atoms with Gasteiger partial charge in [0.05, 0.1) is 21.1 Å². The van der Waals surface area contributed by atoms with Gasteiger partial charge in [-0.2, -0.15) is 0 Å². The van der Waals surface area contributed by atoms with Crippen LogP contribution < -0.4 is 0 Å². The van der Waals surface area contributed by atoms with Crippen molar-refractivity contribution >= 4 is 34.3 Å². The largest absolute Gasteiger partial charge is 0.223 e. The molecule has 5 heteroatoms. The number of aromatic nitrogens is 2. The van der Waals surface area contributed by atoms with E-state index in [9.17, 15) is 0 Å². The molecule has 0 spiro atoms. The quantitative estimate of drug-likeness (QED) is 0.628. The molecule has 0 fully saturated rings. The third-order valence-electron chi connectivity index (χ3n) is 2.63. The molecule has 0 bridgehead atoms. The Morgan fingerprint density at radius 1 is 0.944 bits per heavy atom. The molecule has 3 aromatic rings. The predicted molar refractivity (Wildman–Crippen MR) is 78.4 cm³/mol. The minimum atomic E-state index is 0.299. The van der Waals surface area contributed by atoms with Crippen LogP contribution in [0.5, 0.6) is 0 Å². The summed E-state index contributed by atoms with van der Waals surface area (Å²) in [6, 6.07) is 8.13. The van der Waals surface area contributed by atoms with Gasteiger partial charge in [-0.05, 0) is 41.4 Å². The van der Waals surface area contributed by atoms with E-state index in [2.05, 4.69) is 22.1 Å². The van der Waals surface area contributed by atoms with Gasteiger partial charge in [-0.1, -0.05) is 12.1 Å². The van der Waals surface area contributed by atoms with Crippen LogP contribution in [0.25, 0.3) is 21.1 Å². The number of halogens is 1. The average Bonchev–Trinajstić information content (AvgIpc) is 3.02. The van der Waals surface area contributed by atoms with Crippen LogP contribution in [-0.4, -0.2) is 9.97 Å². The average molecular weight is 293 g/mol. The highest BCUT2D eigenvalue weighted by Crippen LogP contribution is 2.34. The predicted octanol–water partition coefficient (Wildman–Crippen LogP) is 4.90. The highest BCUT2D eigenvalue weighted by molar-refractivity contribution is 7.14.